The second-order valence-electron chi connectivity index (χ2n) is 4.37. The number of hydrogen-bond donors (Lipinski definition) is 1. The third-order valence-corrected chi connectivity index (χ3v) is 3.22. The normalized spacial score (nSPS) is 15.5. The summed E-state index contributed by atoms with van der Waals surface area (Å²) in [4.78, 5) is 14.0. The summed E-state index contributed by atoms with van der Waals surface area (Å²) in [6.45, 7) is 5.94. The van der Waals surface area contributed by atoms with Gasteiger partial charge in [0.25, 0.3) is 5.91 Å². The van der Waals surface area contributed by atoms with Crippen LogP contribution in [0.3, 0.4) is 0 Å². The van der Waals surface area contributed by atoms with Crippen molar-refractivity contribution in [1.29, 1.82) is 0 Å². The van der Waals surface area contributed by atoms with E-state index >= 15 is 0 Å². The number of amides is 1. The maximum Gasteiger partial charge on any atom is 0.254 e. The largest absolute Gasteiger partial charge is 0.333 e. The molecule has 92 valence electrons. The van der Waals surface area contributed by atoms with Crippen molar-refractivity contribution in [1.82, 2.24) is 10.2 Å². The second-order valence-corrected chi connectivity index (χ2v) is 4.37. The van der Waals surface area contributed by atoms with Crippen LogP contribution in [0, 0.1) is 12.7 Å². The number of aryl methyl sites for hydroxylation is 1. The number of halogens is 1. The Morgan fingerprint density at radius 1 is 1.53 bits per heavy atom. The van der Waals surface area contributed by atoms with Gasteiger partial charge >= 0.3 is 0 Å². The van der Waals surface area contributed by atoms with E-state index < -0.39 is 0 Å². The van der Waals surface area contributed by atoms with Crippen LogP contribution in [0.2, 0.25) is 0 Å². The smallest absolute Gasteiger partial charge is 0.254 e. The summed E-state index contributed by atoms with van der Waals surface area (Å²) in [5, 5.41) is 3.13. The van der Waals surface area contributed by atoms with E-state index in [2.05, 4.69) is 5.32 Å². The predicted octanol–water partition coefficient (Wildman–Crippen LogP) is 1.57. The van der Waals surface area contributed by atoms with Gasteiger partial charge in [0, 0.05) is 25.2 Å². The lowest BCUT2D eigenvalue weighted by atomic mass is 10.1. The van der Waals surface area contributed by atoms with E-state index in [1.54, 1.807) is 24.0 Å². The zero-order valence-electron chi connectivity index (χ0n) is 10.2. The van der Waals surface area contributed by atoms with E-state index in [0.717, 1.165) is 13.1 Å². The van der Waals surface area contributed by atoms with Crippen LogP contribution in [0.5, 0.6) is 0 Å². The number of nitrogens with zero attached hydrogens (tertiary/aromatic N) is 1. The van der Waals surface area contributed by atoms with Gasteiger partial charge in [0.1, 0.15) is 5.82 Å². The lowest BCUT2D eigenvalue weighted by molar-refractivity contribution is 0.0629. The van der Waals surface area contributed by atoms with Crippen molar-refractivity contribution in [2.75, 3.05) is 19.6 Å². The van der Waals surface area contributed by atoms with Gasteiger partial charge in [-0.2, -0.15) is 0 Å². The molecule has 2 rings (SSSR count). The minimum absolute atomic E-state index is 0.0853. The molecular weight excluding hydrogens is 219 g/mol. The molecule has 0 bridgehead atoms. The maximum absolute atomic E-state index is 13.4. The molecule has 1 aromatic rings. The molecule has 0 radical (unpaired) electrons. The first-order valence-corrected chi connectivity index (χ1v) is 5.91. The molecular formula is C13H17FN2O. The maximum atomic E-state index is 13.4. The zero-order chi connectivity index (χ0) is 12.4. The molecule has 0 atom stereocenters. The lowest BCUT2D eigenvalue weighted by Gasteiger charge is -2.37. The summed E-state index contributed by atoms with van der Waals surface area (Å²) in [5.74, 6) is -0.406. The molecule has 1 amide bonds. The highest BCUT2D eigenvalue weighted by atomic mass is 19.1. The van der Waals surface area contributed by atoms with Crippen LogP contribution in [0.4, 0.5) is 4.39 Å². The SMILES string of the molecule is CCN(C(=O)c1ccc(C)c(F)c1)C1CNC1. The zero-order valence-corrected chi connectivity index (χ0v) is 10.2. The predicted molar refractivity (Wildman–Crippen MR) is 64.5 cm³/mol. The molecule has 1 aromatic carbocycles. The minimum atomic E-state index is -0.321. The summed E-state index contributed by atoms with van der Waals surface area (Å²) < 4.78 is 13.4. The summed E-state index contributed by atoms with van der Waals surface area (Å²) in [5.41, 5.74) is 0.997. The van der Waals surface area contributed by atoms with Gasteiger partial charge < -0.3 is 10.2 Å². The van der Waals surface area contributed by atoms with Gasteiger partial charge in [-0.15, -0.1) is 0 Å². The highest BCUT2D eigenvalue weighted by Crippen LogP contribution is 2.14. The van der Waals surface area contributed by atoms with Crippen LogP contribution in [-0.2, 0) is 0 Å². The van der Waals surface area contributed by atoms with Gasteiger partial charge in [0.15, 0.2) is 0 Å². The van der Waals surface area contributed by atoms with Gasteiger partial charge in [-0.3, -0.25) is 4.79 Å². The molecule has 0 spiro atoms. The number of carbonyl (C=O) groups is 1. The summed E-state index contributed by atoms with van der Waals surface area (Å²) in [6, 6.07) is 4.91. The van der Waals surface area contributed by atoms with E-state index in [1.165, 1.54) is 6.07 Å². The Bertz CT molecular complexity index is 429. The molecule has 0 aromatic heterocycles. The van der Waals surface area contributed by atoms with Gasteiger partial charge in [0.05, 0.1) is 6.04 Å². The third-order valence-electron chi connectivity index (χ3n) is 3.22. The van der Waals surface area contributed by atoms with E-state index in [-0.39, 0.29) is 17.8 Å². The topological polar surface area (TPSA) is 32.3 Å². The third kappa shape index (κ3) is 2.31. The fourth-order valence-corrected chi connectivity index (χ4v) is 1.95. The molecule has 3 nitrogen and oxygen atoms in total. The first-order valence-electron chi connectivity index (χ1n) is 5.91. The van der Waals surface area contributed by atoms with Crippen LogP contribution >= 0.6 is 0 Å². The summed E-state index contributed by atoms with van der Waals surface area (Å²) in [6.07, 6.45) is 0. The highest BCUT2D eigenvalue weighted by Gasteiger charge is 2.28. The molecule has 1 heterocycles. The van der Waals surface area contributed by atoms with Crippen molar-refractivity contribution >= 4 is 5.91 Å². The Hall–Kier alpha value is -1.42. The van der Waals surface area contributed by atoms with Crippen LogP contribution < -0.4 is 5.32 Å². The van der Waals surface area contributed by atoms with Gasteiger partial charge in [-0.1, -0.05) is 6.07 Å². The monoisotopic (exact) mass is 236 g/mol. The number of hydrogen-bond acceptors (Lipinski definition) is 2. The number of rotatable bonds is 3. The van der Waals surface area contributed by atoms with Gasteiger partial charge in [-0.05, 0) is 31.5 Å². The number of nitrogens with one attached hydrogen (secondary N) is 1. The number of benzene rings is 1. The first-order chi connectivity index (χ1) is 8.13. The second kappa shape index (κ2) is 4.84. The van der Waals surface area contributed by atoms with Gasteiger partial charge in [0.2, 0.25) is 0 Å². The van der Waals surface area contributed by atoms with Crippen molar-refractivity contribution in [2.45, 2.75) is 19.9 Å². The van der Waals surface area contributed by atoms with E-state index in [0.29, 0.717) is 17.7 Å². The molecule has 0 aliphatic carbocycles. The van der Waals surface area contributed by atoms with Crippen molar-refractivity contribution in [3.8, 4) is 0 Å². The molecule has 1 N–H and O–H groups in total. The molecule has 1 aliphatic rings. The van der Waals surface area contributed by atoms with E-state index in [9.17, 15) is 9.18 Å². The molecule has 4 heteroatoms. The van der Waals surface area contributed by atoms with Crippen LogP contribution in [0.15, 0.2) is 18.2 Å². The quantitative estimate of drug-likeness (QED) is 0.864. The Balaban J connectivity index is 2.19. The summed E-state index contributed by atoms with van der Waals surface area (Å²) in [7, 11) is 0. The van der Waals surface area contributed by atoms with Crippen molar-refractivity contribution in [2.24, 2.45) is 0 Å². The first kappa shape index (κ1) is 12.0. The molecule has 0 saturated carbocycles. The Labute approximate surface area is 101 Å². The Morgan fingerprint density at radius 3 is 2.71 bits per heavy atom. The van der Waals surface area contributed by atoms with Crippen molar-refractivity contribution < 1.29 is 9.18 Å². The molecule has 17 heavy (non-hydrogen) atoms. The standard InChI is InChI=1S/C13H17FN2O/c1-3-16(11-7-15-8-11)13(17)10-5-4-9(2)12(14)6-10/h4-6,11,15H,3,7-8H2,1-2H3. The highest BCUT2D eigenvalue weighted by molar-refractivity contribution is 5.94. The average Bonchev–Trinajstić information content (AvgIpc) is 2.26. The lowest BCUT2D eigenvalue weighted by Crippen LogP contribution is -2.58. The Kier molecular flexibility index (Phi) is 3.43. The van der Waals surface area contributed by atoms with Crippen molar-refractivity contribution in [3.05, 3.63) is 35.1 Å². The minimum Gasteiger partial charge on any atom is -0.333 e. The molecule has 1 aliphatic heterocycles. The fourth-order valence-electron chi connectivity index (χ4n) is 1.95. The molecule has 1 saturated heterocycles. The molecule has 0 unspecified atom stereocenters. The van der Waals surface area contributed by atoms with Gasteiger partial charge in [-0.25, -0.2) is 4.39 Å². The average molecular weight is 236 g/mol. The van der Waals surface area contributed by atoms with Crippen molar-refractivity contribution in [3.63, 3.8) is 0 Å². The van der Waals surface area contributed by atoms with E-state index in [1.807, 2.05) is 6.92 Å². The van der Waals surface area contributed by atoms with Crippen LogP contribution in [0.1, 0.15) is 22.8 Å². The summed E-state index contributed by atoms with van der Waals surface area (Å²) >= 11 is 0. The van der Waals surface area contributed by atoms with Crippen LogP contribution in [-0.4, -0.2) is 36.5 Å². The fraction of sp³-hybridized carbons (Fsp3) is 0.462. The van der Waals surface area contributed by atoms with Crippen LogP contribution in [0.25, 0.3) is 0 Å². The number of carbonyl (C=O) groups excluding carboxylic acids is 1. The number of likely N-dealkylation sites (N-methyl/N-ethyl adjacent to an activating group) is 1. The van der Waals surface area contributed by atoms with E-state index in [4.69, 9.17) is 0 Å². The molecule has 1 fully saturated rings. The Morgan fingerprint density at radius 2 is 2.24 bits per heavy atom.